The number of anilines is 1. The number of rotatable bonds is 4. The topological polar surface area (TPSA) is 64.4 Å². The highest BCUT2D eigenvalue weighted by Crippen LogP contribution is 2.51. The molecule has 0 bridgehead atoms. The average molecular weight is 343 g/mol. The summed E-state index contributed by atoms with van der Waals surface area (Å²) in [5, 5.41) is 3.85. The molecule has 4 rings (SSSR count). The van der Waals surface area contributed by atoms with E-state index in [1.54, 1.807) is 6.07 Å². The molecule has 0 amide bonds. The van der Waals surface area contributed by atoms with Crippen molar-refractivity contribution in [3.63, 3.8) is 0 Å². The van der Waals surface area contributed by atoms with Gasteiger partial charge in [0, 0.05) is 18.4 Å². The first-order valence-electron chi connectivity index (χ1n) is 7.64. The van der Waals surface area contributed by atoms with E-state index in [9.17, 15) is 4.79 Å². The van der Waals surface area contributed by atoms with Gasteiger partial charge in [0.2, 0.25) is 0 Å². The number of Topliss-reactive ketones (excluding diaryl/α,β-unsaturated/α-hetero) is 1. The van der Waals surface area contributed by atoms with Crippen LogP contribution in [0.1, 0.15) is 28.8 Å². The van der Waals surface area contributed by atoms with Crippen molar-refractivity contribution >= 4 is 35.5 Å². The van der Waals surface area contributed by atoms with Gasteiger partial charge in [-0.15, -0.1) is 12.4 Å². The van der Waals surface area contributed by atoms with Crippen LogP contribution in [0.15, 0.2) is 6.07 Å². The molecule has 6 heteroatoms. The largest absolute Gasteiger partial charge is 0.492 e. The van der Waals surface area contributed by atoms with Crippen LogP contribution in [0.4, 0.5) is 5.69 Å². The summed E-state index contributed by atoms with van der Waals surface area (Å²) in [6.45, 7) is 2.82. The van der Waals surface area contributed by atoms with Crippen LogP contribution in [0.5, 0.6) is 5.75 Å². The lowest BCUT2D eigenvalue weighted by molar-refractivity contribution is 0.0973. The molecule has 1 aromatic rings. The van der Waals surface area contributed by atoms with Crippen LogP contribution in [-0.2, 0) is 6.42 Å². The molecule has 1 aromatic carbocycles. The minimum Gasteiger partial charge on any atom is -0.492 e. The van der Waals surface area contributed by atoms with E-state index in [0.717, 1.165) is 49.2 Å². The van der Waals surface area contributed by atoms with E-state index in [2.05, 4.69) is 5.32 Å². The molecule has 0 aromatic heterocycles. The number of ketones is 1. The van der Waals surface area contributed by atoms with Crippen LogP contribution >= 0.6 is 24.0 Å². The first-order chi connectivity index (χ1) is 10.2. The van der Waals surface area contributed by atoms with E-state index in [1.165, 1.54) is 0 Å². The minimum atomic E-state index is 0. The molecule has 0 spiro atoms. The van der Waals surface area contributed by atoms with Crippen molar-refractivity contribution in [1.29, 1.82) is 0 Å². The number of ether oxygens (including phenoxy) is 1. The van der Waals surface area contributed by atoms with Crippen molar-refractivity contribution in [1.82, 2.24) is 5.32 Å². The van der Waals surface area contributed by atoms with Gasteiger partial charge in [-0.1, -0.05) is 11.6 Å². The summed E-state index contributed by atoms with van der Waals surface area (Å²) in [6, 6.07) is 1.68. The SMILES string of the molecule is Cl.Nc1c(Cl)cc(C(=O)CCC2C3CNCC23)c2c1CCO2. The zero-order chi connectivity index (χ0) is 14.6. The van der Waals surface area contributed by atoms with E-state index in [-0.39, 0.29) is 18.2 Å². The summed E-state index contributed by atoms with van der Waals surface area (Å²) >= 11 is 6.15. The molecular formula is C16H20Cl2N2O2. The normalized spacial score (nSPS) is 27.6. The molecule has 1 saturated carbocycles. The number of halogens is 2. The third kappa shape index (κ3) is 2.47. The van der Waals surface area contributed by atoms with Gasteiger partial charge in [-0.25, -0.2) is 0 Å². The number of carbonyl (C=O) groups is 1. The Morgan fingerprint density at radius 1 is 1.41 bits per heavy atom. The fraction of sp³-hybridized carbons (Fsp3) is 0.562. The summed E-state index contributed by atoms with van der Waals surface area (Å²) in [7, 11) is 0. The van der Waals surface area contributed by atoms with Crippen LogP contribution in [0.3, 0.4) is 0 Å². The highest BCUT2D eigenvalue weighted by Gasteiger charge is 2.52. The van der Waals surface area contributed by atoms with E-state index >= 15 is 0 Å². The molecule has 2 atom stereocenters. The zero-order valence-electron chi connectivity index (χ0n) is 12.2. The zero-order valence-corrected chi connectivity index (χ0v) is 13.8. The maximum absolute atomic E-state index is 12.5. The van der Waals surface area contributed by atoms with Gasteiger partial charge in [0.25, 0.3) is 0 Å². The molecule has 22 heavy (non-hydrogen) atoms. The molecule has 3 N–H and O–H groups in total. The number of nitrogen functional groups attached to an aromatic ring is 1. The van der Waals surface area contributed by atoms with Gasteiger partial charge in [0.15, 0.2) is 5.78 Å². The van der Waals surface area contributed by atoms with Crippen molar-refractivity contribution in [3.05, 3.63) is 22.2 Å². The monoisotopic (exact) mass is 342 g/mol. The van der Waals surface area contributed by atoms with Crippen LogP contribution in [0.25, 0.3) is 0 Å². The number of benzene rings is 1. The quantitative estimate of drug-likeness (QED) is 0.652. The Morgan fingerprint density at radius 3 is 2.86 bits per heavy atom. The number of piperidine rings is 1. The number of fused-ring (bicyclic) bond motifs is 2. The van der Waals surface area contributed by atoms with Crippen molar-refractivity contribution in [3.8, 4) is 5.75 Å². The van der Waals surface area contributed by atoms with Crippen LogP contribution in [0.2, 0.25) is 5.02 Å². The Kier molecular flexibility index (Phi) is 4.27. The summed E-state index contributed by atoms with van der Waals surface area (Å²) in [5.41, 5.74) is 8.04. The Bertz CT molecular complexity index is 611. The standard InChI is InChI=1S/C16H19ClN2O2.ClH/c17-13-5-10(16-9(15(13)18)3-4-21-16)14(20)2-1-8-11-6-19-7-12(8)11;/h5,8,11-12,19H,1-4,6-7,18H2;1H. The van der Waals surface area contributed by atoms with Gasteiger partial charge >= 0.3 is 0 Å². The van der Waals surface area contributed by atoms with Crippen molar-refractivity contribution < 1.29 is 9.53 Å². The maximum Gasteiger partial charge on any atom is 0.166 e. The van der Waals surface area contributed by atoms with Crippen LogP contribution < -0.4 is 15.8 Å². The first-order valence-corrected chi connectivity index (χ1v) is 8.02. The second kappa shape index (κ2) is 5.91. The molecule has 0 radical (unpaired) electrons. The predicted molar refractivity (Wildman–Crippen MR) is 89.2 cm³/mol. The minimum absolute atomic E-state index is 0. The first kappa shape index (κ1) is 15.9. The number of nitrogens with one attached hydrogen (secondary N) is 1. The van der Waals surface area contributed by atoms with E-state index < -0.39 is 0 Å². The van der Waals surface area contributed by atoms with Crippen molar-refractivity contribution in [2.75, 3.05) is 25.4 Å². The molecule has 120 valence electrons. The molecule has 4 nitrogen and oxygen atoms in total. The Labute approximate surface area is 141 Å². The smallest absolute Gasteiger partial charge is 0.166 e. The average Bonchev–Trinajstić information content (AvgIpc) is 2.92. The molecule has 3 aliphatic rings. The fourth-order valence-electron chi connectivity index (χ4n) is 3.98. The third-order valence-corrected chi connectivity index (χ3v) is 5.56. The van der Waals surface area contributed by atoms with Crippen LogP contribution in [-0.4, -0.2) is 25.5 Å². The molecule has 2 aliphatic heterocycles. The lowest BCUT2D eigenvalue weighted by Crippen LogP contribution is -2.15. The van der Waals surface area contributed by atoms with Gasteiger partial charge in [0.1, 0.15) is 5.75 Å². The lowest BCUT2D eigenvalue weighted by atomic mass is 9.99. The van der Waals surface area contributed by atoms with Crippen molar-refractivity contribution in [2.24, 2.45) is 17.8 Å². The number of nitrogens with two attached hydrogens (primary N) is 1. The highest BCUT2D eigenvalue weighted by molar-refractivity contribution is 6.33. The summed E-state index contributed by atoms with van der Waals surface area (Å²) in [6.07, 6.45) is 2.29. The van der Waals surface area contributed by atoms with Gasteiger partial charge in [-0.05, 0) is 43.3 Å². The van der Waals surface area contributed by atoms with E-state index in [4.69, 9.17) is 22.1 Å². The lowest BCUT2D eigenvalue weighted by Gasteiger charge is -2.11. The fourth-order valence-corrected chi connectivity index (χ4v) is 4.20. The number of hydrogen-bond acceptors (Lipinski definition) is 4. The maximum atomic E-state index is 12.5. The molecule has 2 fully saturated rings. The summed E-state index contributed by atoms with van der Waals surface area (Å²) in [4.78, 5) is 12.5. The second-order valence-corrected chi connectivity index (χ2v) is 6.74. The van der Waals surface area contributed by atoms with E-state index in [0.29, 0.717) is 35.1 Å². The third-order valence-electron chi connectivity index (χ3n) is 5.24. The van der Waals surface area contributed by atoms with E-state index in [1.807, 2.05) is 0 Å². The van der Waals surface area contributed by atoms with Gasteiger partial charge in [-0.3, -0.25) is 4.79 Å². The number of hydrogen-bond donors (Lipinski definition) is 2. The van der Waals surface area contributed by atoms with Crippen molar-refractivity contribution in [2.45, 2.75) is 19.3 Å². The molecule has 2 heterocycles. The molecule has 2 unspecified atom stereocenters. The summed E-state index contributed by atoms with van der Waals surface area (Å²) in [5.74, 6) is 3.13. The van der Waals surface area contributed by atoms with Gasteiger partial charge in [0.05, 0.1) is 22.9 Å². The van der Waals surface area contributed by atoms with Gasteiger partial charge in [-0.2, -0.15) is 0 Å². The Morgan fingerprint density at radius 2 is 2.14 bits per heavy atom. The Balaban J connectivity index is 0.00000144. The molecular weight excluding hydrogens is 323 g/mol. The molecule has 1 saturated heterocycles. The second-order valence-electron chi connectivity index (χ2n) is 6.34. The van der Waals surface area contributed by atoms with Gasteiger partial charge < -0.3 is 15.8 Å². The van der Waals surface area contributed by atoms with Crippen LogP contribution in [0, 0.1) is 17.8 Å². The Hall–Kier alpha value is -0.970. The molecule has 1 aliphatic carbocycles. The predicted octanol–water partition coefficient (Wildman–Crippen LogP) is 2.71. The number of carbonyl (C=O) groups excluding carboxylic acids is 1. The highest BCUT2D eigenvalue weighted by atomic mass is 35.5. The summed E-state index contributed by atoms with van der Waals surface area (Å²) < 4.78 is 5.61.